The largest absolute Gasteiger partial charge is 0.324 e. The quantitative estimate of drug-likeness (QED) is 0.849. The van der Waals surface area contributed by atoms with Crippen molar-refractivity contribution in [1.82, 2.24) is 4.90 Å². The van der Waals surface area contributed by atoms with E-state index in [0.29, 0.717) is 12.3 Å². The molecule has 0 aromatic heterocycles. The molecule has 1 aromatic carbocycles. The lowest BCUT2D eigenvalue weighted by molar-refractivity contribution is -0.117. The minimum atomic E-state index is 0.0295. The minimum absolute atomic E-state index is 0.0295. The standard InChI is InChI=1S/C16H21N3OS/c17-9-12-21-15-8-4-3-7-14(15)18-16(20)13-19-10-5-1-2-6-11-19/h3-4,7-8H,1-2,5-6,10-13H2,(H,18,20). The van der Waals surface area contributed by atoms with Crippen LogP contribution in [0.5, 0.6) is 0 Å². The van der Waals surface area contributed by atoms with E-state index in [-0.39, 0.29) is 5.91 Å². The molecule has 0 atom stereocenters. The highest BCUT2D eigenvalue weighted by atomic mass is 32.2. The van der Waals surface area contributed by atoms with Gasteiger partial charge >= 0.3 is 0 Å². The predicted molar refractivity (Wildman–Crippen MR) is 86.3 cm³/mol. The molecule has 1 saturated heterocycles. The van der Waals surface area contributed by atoms with E-state index < -0.39 is 0 Å². The molecule has 5 heteroatoms. The first kappa shape index (κ1) is 15.9. The van der Waals surface area contributed by atoms with Crippen molar-refractivity contribution in [3.63, 3.8) is 0 Å². The van der Waals surface area contributed by atoms with Gasteiger partial charge in [-0.2, -0.15) is 5.26 Å². The van der Waals surface area contributed by atoms with Crippen LogP contribution in [0.25, 0.3) is 0 Å². The number of nitriles is 1. The first-order chi connectivity index (χ1) is 10.3. The Labute approximate surface area is 130 Å². The summed E-state index contributed by atoms with van der Waals surface area (Å²) in [5, 5.41) is 11.7. The topological polar surface area (TPSA) is 56.1 Å². The van der Waals surface area contributed by atoms with Crippen molar-refractivity contribution in [2.75, 3.05) is 30.7 Å². The van der Waals surface area contributed by atoms with Crippen molar-refractivity contribution in [3.05, 3.63) is 24.3 Å². The maximum absolute atomic E-state index is 12.2. The van der Waals surface area contributed by atoms with E-state index in [1.54, 1.807) is 0 Å². The molecule has 21 heavy (non-hydrogen) atoms. The Hall–Kier alpha value is -1.51. The lowest BCUT2D eigenvalue weighted by atomic mass is 10.2. The number of likely N-dealkylation sites (tertiary alicyclic amines) is 1. The van der Waals surface area contributed by atoms with Crippen LogP contribution in [-0.4, -0.2) is 36.2 Å². The Kier molecular flexibility index (Phi) is 6.58. The first-order valence-electron chi connectivity index (χ1n) is 7.40. The van der Waals surface area contributed by atoms with E-state index in [1.807, 2.05) is 24.3 Å². The van der Waals surface area contributed by atoms with Crippen molar-refractivity contribution in [3.8, 4) is 6.07 Å². The van der Waals surface area contributed by atoms with Crippen LogP contribution < -0.4 is 5.32 Å². The SMILES string of the molecule is N#CCSc1ccccc1NC(=O)CN1CCCCCC1. The van der Waals surface area contributed by atoms with E-state index in [0.717, 1.165) is 23.7 Å². The molecule has 0 spiro atoms. The third-order valence-electron chi connectivity index (χ3n) is 3.52. The van der Waals surface area contributed by atoms with Crippen molar-refractivity contribution in [2.24, 2.45) is 0 Å². The maximum Gasteiger partial charge on any atom is 0.238 e. The summed E-state index contributed by atoms with van der Waals surface area (Å²) in [4.78, 5) is 15.4. The normalized spacial score (nSPS) is 16.0. The molecule has 112 valence electrons. The van der Waals surface area contributed by atoms with Crippen LogP contribution in [0.2, 0.25) is 0 Å². The molecule has 1 aliphatic rings. The number of carbonyl (C=O) groups is 1. The molecule has 1 aliphatic heterocycles. The molecule has 1 N–H and O–H groups in total. The van der Waals surface area contributed by atoms with E-state index >= 15 is 0 Å². The summed E-state index contributed by atoms with van der Waals surface area (Å²) in [6.45, 7) is 2.48. The molecule has 0 saturated carbocycles. The number of nitrogens with one attached hydrogen (secondary N) is 1. The van der Waals surface area contributed by atoms with Gasteiger partial charge in [-0.05, 0) is 38.1 Å². The molecule has 1 heterocycles. The van der Waals surface area contributed by atoms with E-state index in [9.17, 15) is 4.79 Å². The van der Waals surface area contributed by atoms with Gasteiger partial charge in [0.2, 0.25) is 5.91 Å². The van der Waals surface area contributed by atoms with Gasteiger partial charge in [0.1, 0.15) is 0 Å². The number of rotatable bonds is 5. The highest BCUT2D eigenvalue weighted by molar-refractivity contribution is 7.99. The molecule has 1 amide bonds. The zero-order valence-electron chi connectivity index (χ0n) is 12.2. The van der Waals surface area contributed by atoms with Gasteiger partial charge < -0.3 is 5.32 Å². The predicted octanol–water partition coefficient (Wildman–Crippen LogP) is 3.12. The van der Waals surface area contributed by atoms with Crippen molar-refractivity contribution in [2.45, 2.75) is 30.6 Å². The number of thioether (sulfide) groups is 1. The van der Waals surface area contributed by atoms with Crippen LogP contribution in [0.1, 0.15) is 25.7 Å². The molecule has 0 unspecified atom stereocenters. The summed E-state index contributed by atoms with van der Waals surface area (Å²) in [5.74, 6) is 0.417. The number of hydrogen-bond donors (Lipinski definition) is 1. The fourth-order valence-corrected chi connectivity index (χ4v) is 3.16. The fourth-order valence-electron chi connectivity index (χ4n) is 2.49. The zero-order valence-corrected chi connectivity index (χ0v) is 13.0. The Bertz CT molecular complexity index is 504. The van der Waals surface area contributed by atoms with Crippen LogP contribution in [0.4, 0.5) is 5.69 Å². The van der Waals surface area contributed by atoms with Gasteiger partial charge in [0.15, 0.2) is 0 Å². The molecule has 0 bridgehead atoms. The number of hydrogen-bond acceptors (Lipinski definition) is 4. The van der Waals surface area contributed by atoms with Crippen LogP contribution in [0, 0.1) is 11.3 Å². The van der Waals surface area contributed by atoms with E-state index in [4.69, 9.17) is 5.26 Å². The van der Waals surface area contributed by atoms with E-state index in [2.05, 4.69) is 16.3 Å². The van der Waals surface area contributed by atoms with Crippen molar-refractivity contribution >= 4 is 23.4 Å². The molecule has 1 aromatic rings. The highest BCUT2D eigenvalue weighted by Crippen LogP contribution is 2.26. The Morgan fingerprint density at radius 1 is 1.24 bits per heavy atom. The van der Waals surface area contributed by atoms with Crippen LogP contribution >= 0.6 is 11.8 Å². The smallest absolute Gasteiger partial charge is 0.238 e. The Morgan fingerprint density at radius 3 is 2.67 bits per heavy atom. The van der Waals surface area contributed by atoms with E-state index in [1.165, 1.54) is 37.4 Å². The van der Waals surface area contributed by atoms with Crippen LogP contribution in [0.3, 0.4) is 0 Å². The Morgan fingerprint density at radius 2 is 1.95 bits per heavy atom. The van der Waals surface area contributed by atoms with Gasteiger partial charge in [-0.15, -0.1) is 11.8 Å². The third-order valence-corrected chi connectivity index (χ3v) is 4.46. The molecule has 4 nitrogen and oxygen atoms in total. The number of benzene rings is 1. The summed E-state index contributed by atoms with van der Waals surface area (Å²) in [5.41, 5.74) is 0.803. The second kappa shape index (κ2) is 8.71. The molecule has 0 aliphatic carbocycles. The number of carbonyl (C=O) groups excluding carboxylic acids is 1. The van der Waals surface area contributed by atoms with Gasteiger partial charge in [-0.25, -0.2) is 0 Å². The molecular formula is C16H21N3OS. The van der Waals surface area contributed by atoms with Gasteiger partial charge in [0, 0.05) is 4.90 Å². The second-order valence-corrected chi connectivity index (χ2v) is 6.20. The van der Waals surface area contributed by atoms with Crippen molar-refractivity contribution in [1.29, 1.82) is 5.26 Å². The van der Waals surface area contributed by atoms with Gasteiger partial charge in [-0.3, -0.25) is 9.69 Å². The van der Waals surface area contributed by atoms with Gasteiger partial charge in [0.25, 0.3) is 0 Å². The third kappa shape index (κ3) is 5.41. The fraction of sp³-hybridized carbons (Fsp3) is 0.500. The summed E-state index contributed by atoms with van der Waals surface area (Å²) < 4.78 is 0. The highest BCUT2D eigenvalue weighted by Gasteiger charge is 2.14. The average Bonchev–Trinajstić information content (AvgIpc) is 2.75. The molecule has 2 rings (SSSR count). The molecule has 1 fully saturated rings. The number of amides is 1. The first-order valence-corrected chi connectivity index (χ1v) is 8.39. The van der Waals surface area contributed by atoms with Gasteiger partial charge in [0.05, 0.1) is 24.1 Å². The second-order valence-electron chi connectivity index (χ2n) is 5.18. The number of para-hydroxylation sites is 1. The summed E-state index contributed by atoms with van der Waals surface area (Å²) in [6.07, 6.45) is 4.90. The summed E-state index contributed by atoms with van der Waals surface area (Å²) >= 11 is 1.45. The summed E-state index contributed by atoms with van der Waals surface area (Å²) in [7, 11) is 0. The lowest BCUT2D eigenvalue weighted by Crippen LogP contribution is -2.34. The summed E-state index contributed by atoms with van der Waals surface area (Å²) in [6, 6.07) is 9.76. The molecular weight excluding hydrogens is 282 g/mol. The minimum Gasteiger partial charge on any atom is -0.324 e. The number of nitrogens with zero attached hydrogens (tertiary/aromatic N) is 2. The average molecular weight is 303 g/mol. The van der Waals surface area contributed by atoms with Crippen LogP contribution in [0.15, 0.2) is 29.2 Å². The van der Waals surface area contributed by atoms with Gasteiger partial charge in [-0.1, -0.05) is 25.0 Å². The van der Waals surface area contributed by atoms with Crippen LogP contribution in [-0.2, 0) is 4.79 Å². The maximum atomic E-state index is 12.2. The number of anilines is 1. The lowest BCUT2D eigenvalue weighted by Gasteiger charge is -2.19. The zero-order chi connectivity index (χ0) is 14.9. The monoisotopic (exact) mass is 303 g/mol. The Balaban J connectivity index is 1.91. The van der Waals surface area contributed by atoms with Crippen molar-refractivity contribution < 1.29 is 4.79 Å². The molecule has 0 radical (unpaired) electrons.